The van der Waals surface area contributed by atoms with Gasteiger partial charge in [-0.25, -0.2) is 0 Å². The Balaban J connectivity index is 2.38. The van der Waals surface area contributed by atoms with Gasteiger partial charge in [-0.15, -0.1) is 0 Å². The molecule has 0 bridgehead atoms. The van der Waals surface area contributed by atoms with Crippen molar-refractivity contribution in [2.24, 2.45) is 0 Å². The van der Waals surface area contributed by atoms with Gasteiger partial charge in [0.1, 0.15) is 12.4 Å². The van der Waals surface area contributed by atoms with Crippen molar-refractivity contribution >= 4 is 23.5 Å². The molecule has 0 aliphatic rings. The van der Waals surface area contributed by atoms with Crippen LogP contribution in [0.15, 0.2) is 24.3 Å². The van der Waals surface area contributed by atoms with Crippen LogP contribution >= 0.6 is 0 Å². The second-order valence-electron chi connectivity index (χ2n) is 3.96. The van der Waals surface area contributed by atoms with E-state index in [1.54, 1.807) is 12.1 Å². The van der Waals surface area contributed by atoms with E-state index >= 15 is 0 Å². The van der Waals surface area contributed by atoms with Crippen LogP contribution in [0.3, 0.4) is 0 Å². The molecule has 7 heteroatoms. The Morgan fingerprint density at radius 3 is 2.20 bits per heavy atom. The van der Waals surface area contributed by atoms with Gasteiger partial charge in [-0.3, -0.25) is 4.79 Å². The summed E-state index contributed by atoms with van der Waals surface area (Å²) in [4.78, 5) is 31.8. The first-order chi connectivity index (χ1) is 9.47. The Morgan fingerprint density at radius 2 is 1.65 bits per heavy atom. The Labute approximate surface area is 115 Å². The van der Waals surface area contributed by atoms with Crippen molar-refractivity contribution < 1.29 is 29.3 Å². The highest BCUT2D eigenvalue weighted by molar-refractivity contribution is 5.90. The lowest BCUT2D eigenvalue weighted by Crippen LogP contribution is -2.28. The lowest BCUT2D eigenvalue weighted by atomic mass is 10.2. The van der Waals surface area contributed by atoms with E-state index in [0.29, 0.717) is 11.4 Å². The molecule has 0 saturated heterocycles. The highest BCUT2D eigenvalue weighted by atomic mass is 16.5. The molecule has 20 heavy (non-hydrogen) atoms. The van der Waals surface area contributed by atoms with E-state index in [4.69, 9.17) is 4.74 Å². The third-order valence-corrected chi connectivity index (χ3v) is 2.28. The number of ether oxygens (including phenoxy) is 1. The molecule has 0 unspecified atom stereocenters. The smallest absolute Gasteiger partial charge is 0.224 e. The molecule has 0 aromatic heterocycles. The summed E-state index contributed by atoms with van der Waals surface area (Å²) in [6, 6.07) is 6.09. The van der Waals surface area contributed by atoms with Crippen LogP contribution in [0.5, 0.6) is 5.75 Å². The minimum absolute atomic E-state index is 0.0803. The maximum absolute atomic E-state index is 11.5. The fourth-order valence-electron chi connectivity index (χ4n) is 1.39. The second kappa shape index (κ2) is 7.78. The van der Waals surface area contributed by atoms with E-state index < -0.39 is 18.5 Å². The topological polar surface area (TPSA) is 119 Å². The molecule has 7 nitrogen and oxygen atoms in total. The Bertz CT molecular complexity index is 482. The number of carbonyl (C=O) groups is 3. The number of carboxylic acids is 2. The fraction of sp³-hybridized carbons (Fsp3) is 0.308. The van der Waals surface area contributed by atoms with Crippen molar-refractivity contribution in [2.75, 3.05) is 11.9 Å². The van der Waals surface area contributed by atoms with Gasteiger partial charge in [0, 0.05) is 18.1 Å². The molecular weight excluding hydrogens is 266 g/mol. The molecule has 1 aromatic carbocycles. The average Bonchev–Trinajstić information content (AvgIpc) is 2.37. The zero-order valence-electron chi connectivity index (χ0n) is 10.6. The van der Waals surface area contributed by atoms with Gasteiger partial charge in [0.25, 0.3) is 0 Å². The summed E-state index contributed by atoms with van der Waals surface area (Å²) in [5.41, 5.74) is 0.504. The van der Waals surface area contributed by atoms with Crippen molar-refractivity contribution in [1.29, 1.82) is 0 Å². The zero-order chi connectivity index (χ0) is 15.0. The van der Waals surface area contributed by atoms with E-state index in [0.717, 1.165) is 0 Å². The first-order valence-corrected chi connectivity index (χ1v) is 5.90. The first kappa shape index (κ1) is 15.5. The normalized spacial score (nSPS) is 9.80. The number of hydrogen-bond donors (Lipinski definition) is 1. The van der Waals surface area contributed by atoms with Crippen molar-refractivity contribution in [2.45, 2.75) is 19.3 Å². The number of benzene rings is 1. The standard InChI is InChI=1S/C13H15NO6/c15-11(2-1-3-12(16)17)14-9-4-6-10(7-5-9)20-8-13(18)19/h4-7H,1-3,8H2,(H,14,15)(H,16,17)(H,18,19)/p-2. The van der Waals surface area contributed by atoms with Crippen LogP contribution in [-0.4, -0.2) is 24.5 Å². The molecule has 108 valence electrons. The molecule has 0 aliphatic heterocycles. The van der Waals surface area contributed by atoms with E-state index in [9.17, 15) is 24.6 Å². The number of amides is 1. The highest BCUT2D eigenvalue weighted by Gasteiger charge is 2.03. The van der Waals surface area contributed by atoms with Crippen LogP contribution in [0.4, 0.5) is 5.69 Å². The molecule has 1 aromatic rings. The largest absolute Gasteiger partial charge is 0.550 e. The number of aliphatic carboxylic acids is 2. The quantitative estimate of drug-likeness (QED) is 0.630. The second-order valence-corrected chi connectivity index (χ2v) is 3.96. The van der Waals surface area contributed by atoms with Crippen LogP contribution in [0.1, 0.15) is 19.3 Å². The molecule has 0 radical (unpaired) electrons. The van der Waals surface area contributed by atoms with Gasteiger partial charge < -0.3 is 29.9 Å². The summed E-state index contributed by atoms with van der Waals surface area (Å²) in [5.74, 6) is -2.48. The molecule has 0 heterocycles. The van der Waals surface area contributed by atoms with Gasteiger partial charge in [0.05, 0.1) is 5.97 Å². The summed E-state index contributed by atoms with van der Waals surface area (Å²) in [5, 5.41) is 22.9. The Morgan fingerprint density at radius 1 is 1.00 bits per heavy atom. The monoisotopic (exact) mass is 279 g/mol. The van der Waals surface area contributed by atoms with E-state index in [-0.39, 0.29) is 25.2 Å². The predicted octanol–water partition coefficient (Wildman–Crippen LogP) is -1.33. The van der Waals surface area contributed by atoms with Gasteiger partial charge in [-0.2, -0.15) is 0 Å². The van der Waals surface area contributed by atoms with Crippen molar-refractivity contribution in [3.05, 3.63) is 24.3 Å². The lowest BCUT2D eigenvalue weighted by molar-refractivity contribution is -0.308. The molecule has 0 spiro atoms. The number of rotatable bonds is 8. The number of anilines is 1. The predicted molar refractivity (Wildman–Crippen MR) is 64.4 cm³/mol. The Kier molecular flexibility index (Phi) is 6.02. The molecule has 1 N–H and O–H groups in total. The molecule has 0 fully saturated rings. The van der Waals surface area contributed by atoms with Crippen LogP contribution in [0.25, 0.3) is 0 Å². The first-order valence-electron chi connectivity index (χ1n) is 5.90. The summed E-state index contributed by atoms with van der Waals surface area (Å²) < 4.78 is 4.87. The van der Waals surface area contributed by atoms with E-state index in [1.165, 1.54) is 12.1 Å². The van der Waals surface area contributed by atoms with Crippen LogP contribution in [-0.2, 0) is 14.4 Å². The van der Waals surface area contributed by atoms with Gasteiger partial charge in [0.15, 0.2) is 0 Å². The van der Waals surface area contributed by atoms with Gasteiger partial charge >= 0.3 is 0 Å². The molecule has 0 atom stereocenters. The summed E-state index contributed by atoms with van der Waals surface area (Å²) >= 11 is 0. The minimum atomic E-state index is -1.32. The number of nitrogens with one attached hydrogen (secondary N) is 1. The molecule has 0 saturated carbocycles. The SMILES string of the molecule is O=C([O-])CCCC(=O)Nc1ccc(OCC(=O)[O-])cc1. The van der Waals surface area contributed by atoms with Gasteiger partial charge in [0.2, 0.25) is 5.91 Å². The number of hydrogen-bond acceptors (Lipinski definition) is 6. The third-order valence-electron chi connectivity index (χ3n) is 2.28. The van der Waals surface area contributed by atoms with Crippen LogP contribution in [0.2, 0.25) is 0 Å². The zero-order valence-corrected chi connectivity index (χ0v) is 10.6. The maximum atomic E-state index is 11.5. The summed E-state index contributed by atoms with van der Waals surface area (Å²) in [6.07, 6.45) is 0.126. The Hall–Kier alpha value is -2.57. The van der Waals surface area contributed by atoms with Gasteiger partial charge in [-0.1, -0.05) is 0 Å². The third kappa shape index (κ3) is 6.39. The molecule has 1 amide bonds. The minimum Gasteiger partial charge on any atom is -0.550 e. The van der Waals surface area contributed by atoms with Crippen molar-refractivity contribution in [3.8, 4) is 5.75 Å². The van der Waals surface area contributed by atoms with Crippen LogP contribution < -0.4 is 20.3 Å². The molecule has 0 aliphatic carbocycles. The average molecular weight is 279 g/mol. The van der Waals surface area contributed by atoms with Crippen molar-refractivity contribution in [3.63, 3.8) is 0 Å². The highest BCUT2D eigenvalue weighted by Crippen LogP contribution is 2.15. The number of carboxylic acid groups (broad SMARTS) is 2. The maximum Gasteiger partial charge on any atom is 0.224 e. The van der Waals surface area contributed by atoms with E-state index in [1.807, 2.05) is 0 Å². The summed E-state index contributed by atoms with van der Waals surface area (Å²) in [6.45, 7) is -0.547. The van der Waals surface area contributed by atoms with Crippen molar-refractivity contribution in [1.82, 2.24) is 0 Å². The molecule has 1 rings (SSSR count). The fourth-order valence-corrected chi connectivity index (χ4v) is 1.39. The number of carbonyl (C=O) groups excluding carboxylic acids is 3. The van der Waals surface area contributed by atoms with E-state index in [2.05, 4.69) is 5.32 Å². The molecular formula is C13H13NO6-2. The van der Waals surface area contributed by atoms with Crippen LogP contribution in [0, 0.1) is 0 Å². The summed E-state index contributed by atoms with van der Waals surface area (Å²) in [7, 11) is 0. The lowest BCUT2D eigenvalue weighted by Gasteiger charge is -2.08. The van der Waals surface area contributed by atoms with Gasteiger partial charge in [-0.05, 0) is 37.1 Å².